The zero-order chi connectivity index (χ0) is 13.8. The SMILES string of the molecule is CN(C(=O)NC1CCOC1)c1ccc(C(N)=S)cc1. The minimum absolute atomic E-state index is 0.103. The number of nitrogens with zero attached hydrogens (tertiary/aromatic N) is 1. The van der Waals surface area contributed by atoms with Crippen LogP contribution in [0.15, 0.2) is 24.3 Å². The fraction of sp³-hybridized carbons (Fsp3) is 0.385. The molecule has 0 radical (unpaired) electrons. The van der Waals surface area contributed by atoms with E-state index in [2.05, 4.69) is 5.32 Å². The molecule has 5 nitrogen and oxygen atoms in total. The lowest BCUT2D eigenvalue weighted by Crippen LogP contribution is -2.43. The summed E-state index contributed by atoms with van der Waals surface area (Å²) in [5, 5.41) is 2.93. The summed E-state index contributed by atoms with van der Waals surface area (Å²) in [6.45, 7) is 1.29. The maximum atomic E-state index is 12.0. The Morgan fingerprint density at radius 3 is 2.68 bits per heavy atom. The molecule has 0 saturated carbocycles. The molecule has 1 saturated heterocycles. The summed E-state index contributed by atoms with van der Waals surface area (Å²) in [5.41, 5.74) is 7.11. The van der Waals surface area contributed by atoms with Crippen molar-refractivity contribution in [3.8, 4) is 0 Å². The van der Waals surface area contributed by atoms with Crippen molar-refractivity contribution in [3.05, 3.63) is 29.8 Å². The molecule has 1 aromatic rings. The summed E-state index contributed by atoms with van der Waals surface area (Å²) in [7, 11) is 1.72. The number of hydrogen-bond donors (Lipinski definition) is 2. The van der Waals surface area contributed by atoms with E-state index in [4.69, 9.17) is 22.7 Å². The Hall–Kier alpha value is -1.66. The zero-order valence-electron chi connectivity index (χ0n) is 10.8. The average Bonchev–Trinajstić information content (AvgIpc) is 2.90. The van der Waals surface area contributed by atoms with E-state index in [1.54, 1.807) is 24.1 Å². The Bertz CT molecular complexity index is 469. The first-order valence-corrected chi connectivity index (χ1v) is 6.50. The van der Waals surface area contributed by atoms with Crippen molar-refractivity contribution in [1.82, 2.24) is 5.32 Å². The fourth-order valence-corrected chi connectivity index (χ4v) is 2.02. The van der Waals surface area contributed by atoms with E-state index in [9.17, 15) is 4.79 Å². The number of amides is 2. The van der Waals surface area contributed by atoms with Crippen LogP contribution in [0.1, 0.15) is 12.0 Å². The molecule has 1 aliphatic rings. The quantitative estimate of drug-likeness (QED) is 0.817. The monoisotopic (exact) mass is 279 g/mol. The van der Waals surface area contributed by atoms with Crippen molar-refractivity contribution in [1.29, 1.82) is 0 Å². The van der Waals surface area contributed by atoms with Gasteiger partial charge in [-0.1, -0.05) is 12.2 Å². The lowest BCUT2D eigenvalue weighted by molar-refractivity contribution is 0.189. The van der Waals surface area contributed by atoms with Crippen LogP contribution in [0.25, 0.3) is 0 Å². The van der Waals surface area contributed by atoms with Crippen LogP contribution in [0.3, 0.4) is 0 Å². The Labute approximate surface area is 117 Å². The van der Waals surface area contributed by atoms with Crippen LogP contribution < -0.4 is 16.0 Å². The van der Waals surface area contributed by atoms with E-state index < -0.39 is 0 Å². The molecule has 1 atom stereocenters. The first-order chi connectivity index (χ1) is 9.08. The summed E-state index contributed by atoms with van der Waals surface area (Å²) in [6.07, 6.45) is 0.861. The molecule has 6 heteroatoms. The lowest BCUT2D eigenvalue weighted by Gasteiger charge is -2.20. The number of thiocarbonyl (C=S) groups is 1. The number of carbonyl (C=O) groups excluding carboxylic acids is 1. The normalized spacial score (nSPS) is 18.1. The van der Waals surface area contributed by atoms with Gasteiger partial charge < -0.3 is 15.8 Å². The van der Waals surface area contributed by atoms with Crippen LogP contribution in [0.2, 0.25) is 0 Å². The number of anilines is 1. The second-order valence-corrected chi connectivity index (χ2v) is 4.92. The molecule has 3 N–H and O–H groups in total. The second-order valence-electron chi connectivity index (χ2n) is 4.48. The van der Waals surface area contributed by atoms with Gasteiger partial charge in [0.15, 0.2) is 0 Å². The molecule has 2 amide bonds. The van der Waals surface area contributed by atoms with Crippen molar-refractivity contribution in [2.45, 2.75) is 12.5 Å². The summed E-state index contributed by atoms with van der Waals surface area (Å²) in [5.74, 6) is 0. The fourth-order valence-electron chi connectivity index (χ4n) is 1.89. The summed E-state index contributed by atoms with van der Waals surface area (Å²) in [4.78, 5) is 13.9. The molecule has 1 heterocycles. The van der Waals surface area contributed by atoms with Gasteiger partial charge >= 0.3 is 6.03 Å². The van der Waals surface area contributed by atoms with Gasteiger partial charge in [0.2, 0.25) is 0 Å². The van der Waals surface area contributed by atoms with Crippen LogP contribution in [-0.4, -0.2) is 37.3 Å². The lowest BCUT2D eigenvalue weighted by atomic mass is 10.2. The number of carbonyl (C=O) groups is 1. The molecule has 1 aromatic carbocycles. The molecule has 0 aliphatic carbocycles. The number of rotatable bonds is 3. The van der Waals surface area contributed by atoms with E-state index in [1.807, 2.05) is 12.1 Å². The number of urea groups is 1. The van der Waals surface area contributed by atoms with Gasteiger partial charge in [0, 0.05) is 24.9 Å². The molecule has 19 heavy (non-hydrogen) atoms. The molecule has 1 aliphatic heterocycles. The van der Waals surface area contributed by atoms with Crippen LogP contribution in [-0.2, 0) is 4.74 Å². The predicted molar refractivity (Wildman–Crippen MR) is 78.5 cm³/mol. The van der Waals surface area contributed by atoms with Crippen molar-refractivity contribution in [3.63, 3.8) is 0 Å². The van der Waals surface area contributed by atoms with Gasteiger partial charge in [-0.3, -0.25) is 4.90 Å². The third kappa shape index (κ3) is 3.42. The van der Waals surface area contributed by atoms with Crippen molar-refractivity contribution in [2.75, 3.05) is 25.2 Å². The summed E-state index contributed by atoms with van der Waals surface area (Å²) < 4.78 is 5.22. The van der Waals surface area contributed by atoms with E-state index in [-0.39, 0.29) is 12.1 Å². The minimum atomic E-state index is -0.140. The second kappa shape index (κ2) is 5.99. The highest BCUT2D eigenvalue weighted by Crippen LogP contribution is 2.14. The minimum Gasteiger partial charge on any atom is -0.389 e. The largest absolute Gasteiger partial charge is 0.389 e. The van der Waals surface area contributed by atoms with Gasteiger partial charge in [0.1, 0.15) is 4.99 Å². The number of nitrogens with two attached hydrogens (primary N) is 1. The van der Waals surface area contributed by atoms with Crippen molar-refractivity contribution < 1.29 is 9.53 Å². The highest BCUT2D eigenvalue weighted by atomic mass is 32.1. The summed E-state index contributed by atoms with van der Waals surface area (Å²) >= 11 is 4.89. The van der Waals surface area contributed by atoms with E-state index >= 15 is 0 Å². The highest BCUT2D eigenvalue weighted by Gasteiger charge is 2.20. The molecule has 2 rings (SSSR count). The molecule has 102 valence electrons. The first-order valence-electron chi connectivity index (χ1n) is 6.10. The number of ether oxygens (including phenoxy) is 1. The molecule has 1 unspecified atom stereocenters. The van der Waals surface area contributed by atoms with Crippen molar-refractivity contribution in [2.24, 2.45) is 5.73 Å². The highest BCUT2D eigenvalue weighted by molar-refractivity contribution is 7.80. The smallest absolute Gasteiger partial charge is 0.321 e. The molecular formula is C13H17N3O2S. The average molecular weight is 279 g/mol. The van der Waals surface area contributed by atoms with Gasteiger partial charge in [0.25, 0.3) is 0 Å². The Kier molecular flexibility index (Phi) is 4.34. The van der Waals surface area contributed by atoms with Crippen LogP contribution in [0, 0.1) is 0 Å². The maximum Gasteiger partial charge on any atom is 0.321 e. The van der Waals surface area contributed by atoms with Crippen LogP contribution in [0.4, 0.5) is 10.5 Å². The van der Waals surface area contributed by atoms with E-state index in [1.165, 1.54) is 0 Å². The zero-order valence-corrected chi connectivity index (χ0v) is 11.6. The third-order valence-corrected chi connectivity index (χ3v) is 3.34. The van der Waals surface area contributed by atoms with E-state index in [0.29, 0.717) is 18.2 Å². The Balaban J connectivity index is 1.99. The standard InChI is InChI=1S/C13H17N3O2S/c1-16(13(17)15-10-6-7-18-8-10)11-4-2-9(3-5-11)12(14)19/h2-5,10H,6-8H2,1H3,(H2,14,19)(H,15,17). The molecule has 0 bridgehead atoms. The number of nitrogens with one attached hydrogen (secondary N) is 1. The predicted octanol–water partition coefficient (Wildman–Crippen LogP) is 1.26. The molecule has 1 fully saturated rings. The molecular weight excluding hydrogens is 262 g/mol. The van der Waals surface area contributed by atoms with Gasteiger partial charge in [0.05, 0.1) is 12.6 Å². The van der Waals surface area contributed by atoms with Gasteiger partial charge in [-0.15, -0.1) is 0 Å². The van der Waals surface area contributed by atoms with E-state index in [0.717, 1.165) is 17.7 Å². The van der Waals surface area contributed by atoms with Gasteiger partial charge in [-0.2, -0.15) is 0 Å². The van der Waals surface area contributed by atoms with Gasteiger partial charge in [-0.25, -0.2) is 4.79 Å². The summed E-state index contributed by atoms with van der Waals surface area (Å²) in [6, 6.07) is 7.21. The topological polar surface area (TPSA) is 67.6 Å². The Morgan fingerprint density at radius 2 is 2.16 bits per heavy atom. The number of benzene rings is 1. The van der Waals surface area contributed by atoms with Crippen LogP contribution in [0.5, 0.6) is 0 Å². The first kappa shape index (κ1) is 13.8. The third-order valence-electron chi connectivity index (χ3n) is 3.10. The Morgan fingerprint density at radius 1 is 1.47 bits per heavy atom. The molecule has 0 spiro atoms. The van der Waals surface area contributed by atoms with Crippen molar-refractivity contribution >= 4 is 28.9 Å². The maximum absolute atomic E-state index is 12.0. The van der Waals surface area contributed by atoms with Gasteiger partial charge in [-0.05, 0) is 30.7 Å². The molecule has 0 aromatic heterocycles. The number of hydrogen-bond acceptors (Lipinski definition) is 3. The van der Waals surface area contributed by atoms with Crippen LogP contribution >= 0.6 is 12.2 Å².